The predicted octanol–water partition coefficient (Wildman–Crippen LogP) is 6.80. The summed E-state index contributed by atoms with van der Waals surface area (Å²) < 4.78 is 38.8. The highest BCUT2D eigenvalue weighted by Crippen LogP contribution is 2.42. The van der Waals surface area contributed by atoms with Gasteiger partial charge in [0.1, 0.15) is 16.4 Å². The zero-order valence-electron chi connectivity index (χ0n) is 22.8. The number of thiophene rings is 1. The second-order valence-electron chi connectivity index (χ2n) is 9.42. The fourth-order valence-electron chi connectivity index (χ4n) is 3.59. The summed E-state index contributed by atoms with van der Waals surface area (Å²) in [6.45, 7) is 7.12. The van der Waals surface area contributed by atoms with Crippen LogP contribution in [0.2, 0.25) is 0 Å². The molecule has 0 bridgehead atoms. The molecule has 0 aliphatic carbocycles. The van der Waals surface area contributed by atoms with Crippen LogP contribution in [-0.2, 0) is 19.4 Å². The van der Waals surface area contributed by atoms with E-state index < -0.39 is 21.5 Å². The molecule has 1 aromatic heterocycles. The van der Waals surface area contributed by atoms with Crippen molar-refractivity contribution in [2.24, 2.45) is 4.99 Å². The van der Waals surface area contributed by atoms with Gasteiger partial charge in [0.05, 0.1) is 32.8 Å². The number of carbonyl (C=O) groups is 2. The fourth-order valence-corrected chi connectivity index (χ4v) is 7.58. The Morgan fingerprint density at radius 3 is 2.45 bits per heavy atom. The normalized spacial score (nSPS) is 11.9. The SMILES string of the molecule is COc1ccc(-c2cc(S(=O)(=O)c3cc(N=CNC(=O)OC(C)(C)C)sc3SC)ccc2NC(=O)CBr)c(C)c1. The van der Waals surface area contributed by atoms with Gasteiger partial charge < -0.3 is 14.8 Å². The van der Waals surface area contributed by atoms with Gasteiger partial charge >= 0.3 is 6.09 Å². The second kappa shape index (κ2) is 13.2. The summed E-state index contributed by atoms with van der Waals surface area (Å²) in [5.41, 5.74) is 1.96. The number of nitrogens with one attached hydrogen (secondary N) is 2. The Bertz CT molecular complexity index is 1550. The number of aliphatic imine (C=N–C) groups is 1. The van der Waals surface area contributed by atoms with E-state index in [0.717, 1.165) is 11.1 Å². The van der Waals surface area contributed by atoms with Gasteiger partial charge in [-0.25, -0.2) is 18.2 Å². The van der Waals surface area contributed by atoms with Crippen molar-refractivity contribution in [1.29, 1.82) is 0 Å². The molecule has 0 unspecified atom stereocenters. The first kappa shape index (κ1) is 31.7. The Hall–Kier alpha value is -2.87. The van der Waals surface area contributed by atoms with Crippen LogP contribution in [0.4, 0.5) is 15.5 Å². The van der Waals surface area contributed by atoms with Crippen LogP contribution in [0.3, 0.4) is 0 Å². The van der Waals surface area contributed by atoms with Crippen molar-refractivity contribution >= 4 is 77.9 Å². The summed E-state index contributed by atoms with van der Waals surface area (Å²) in [6, 6.07) is 11.5. The molecule has 0 aliphatic rings. The minimum Gasteiger partial charge on any atom is -0.497 e. The maximum absolute atomic E-state index is 13.9. The van der Waals surface area contributed by atoms with Gasteiger partial charge in [0.2, 0.25) is 15.7 Å². The van der Waals surface area contributed by atoms with Crippen LogP contribution in [0.15, 0.2) is 61.5 Å². The van der Waals surface area contributed by atoms with Crippen molar-refractivity contribution in [3.05, 3.63) is 48.0 Å². The molecule has 40 heavy (non-hydrogen) atoms. The second-order valence-corrected chi connectivity index (χ2v) is 14.0. The van der Waals surface area contributed by atoms with Crippen molar-refractivity contribution in [2.75, 3.05) is 24.0 Å². The summed E-state index contributed by atoms with van der Waals surface area (Å²) in [7, 11) is -2.41. The molecule has 0 aliphatic heterocycles. The molecule has 214 valence electrons. The van der Waals surface area contributed by atoms with E-state index in [1.807, 2.05) is 19.1 Å². The highest BCUT2D eigenvalue weighted by atomic mass is 79.9. The van der Waals surface area contributed by atoms with E-state index in [1.165, 1.54) is 41.6 Å². The molecule has 9 nitrogen and oxygen atoms in total. The number of hydrogen-bond acceptors (Lipinski definition) is 9. The fraction of sp³-hybridized carbons (Fsp3) is 0.296. The number of methoxy groups -OCH3 is 1. The molecule has 2 aromatic carbocycles. The first-order chi connectivity index (χ1) is 18.8. The van der Waals surface area contributed by atoms with Crippen molar-refractivity contribution < 1.29 is 27.5 Å². The van der Waals surface area contributed by atoms with Gasteiger partial charge in [-0.3, -0.25) is 10.1 Å². The zero-order chi connectivity index (χ0) is 29.7. The van der Waals surface area contributed by atoms with E-state index in [-0.39, 0.29) is 21.0 Å². The summed E-state index contributed by atoms with van der Waals surface area (Å²) >= 11 is 5.62. The number of carbonyl (C=O) groups excluding carboxylic acids is 2. The number of benzene rings is 2. The molecule has 2 N–H and O–H groups in total. The van der Waals surface area contributed by atoms with E-state index in [0.29, 0.717) is 26.2 Å². The minimum absolute atomic E-state index is 0.0602. The molecule has 0 saturated carbocycles. The van der Waals surface area contributed by atoms with E-state index in [4.69, 9.17) is 9.47 Å². The van der Waals surface area contributed by atoms with Crippen molar-refractivity contribution in [3.63, 3.8) is 0 Å². The average molecular weight is 669 g/mol. The number of hydrogen-bond donors (Lipinski definition) is 2. The van der Waals surface area contributed by atoms with Crippen LogP contribution < -0.4 is 15.4 Å². The lowest BCUT2D eigenvalue weighted by atomic mass is 9.98. The lowest BCUT2D eigenvalue weighted by molar-refractivity contribution is -0.113. The molecule has 0 atom stereocenters. The number of sulfone groups is 1. The average Bonchev–Trinajstić information content (AvgIpc) is 3.32. The van der Waals surface area contributed by atoms with Gasteiger partial charge in [-0.1, -0.05) is 22.0 Å². The Morgan fingerprint density at radius 2 is 1.85 bits per heavy atom. The number of aryl methyl sites for hydroxylation is 1. The van der Waals surface area contributed by atoms with Crippen molar-refractivity contribution in [1.82, 2.24) is 5.32 Å². The first-order valence-corrected chi connectivity index (χ1v) is 16.5. The molecular formula is C27H30BrN3O6S3. The van der Waals surface area contributed by atoms with Crippen LogP contribution in [0, 0.1) is 6.92 Å². The van der Waals surface area contributed by atoms with Crippen LogP contribution in [0.5, 0.6) is 5.75 Å². The standard InChI is InChI=1S/C27H30BrN3O6S3/c1-16-11-17(36-5)7-9-19(16)20-12-18(8-10-21(20)31-23(32)14-28)40(34,35)22-13-24(39-25(22)38-6)29-15-30-26(33)37-27(2,3)4/h7-13,15H,14H2,1-6H3,(H,31,32)(H,29,30,33). The smallest absolute Gasteiger partial charge is 0.412 e. The van der Waals surface area contributed by atoms with E-state index in [1.54, 1.807) is 52.3 Å². The summed E-state index contributed by atoms with van der Waals surface area (Å²) in [6.07, 6.45) is 2.29. The Morgan fingerprint density at radius 1 is 1.12 bits per heavy atom. The highest BCUT2D eigenvalue weighted by Gasteiger charge is 2.26. The Labute approximate surface area is 250 Å². The lowest BCUT2D eigenvalue weighted by Gasteiger charge is -2.18. The number of anilines is 1. The third-order valence-corrected chi connectivity index (χ3v) is 10.0. The van der Waals surface area contributed by atoms with Crippen LogP contribution in [0.1, 0.15) is 26.3 Å². The molecule has 0 fully saturated rings. The summed E-state index contributed by atoms with van der Waals surface area (Å²) in [5, 5.41) is 5.73. The number of alkyl halides is 1. The number of nitrogens with zero attached hydrogens (tertiary/aromatic N) is 1. The molecule has 0 spiro atoms. The number of alkyl carbamates (subject to hydrolysis) is 1. The zero-order valence-corrected chi connectivity index (χ0v) is 26.9. The number of rotatable bonds is 9. The van der Waals surface area contributed by atoms with Gasteiger partial charge in [0.15, 0.2) is 0 Å². The van der Waals surface area contributed by atoms with E-state index in [9.17, 15) is 18.0 Å². The Balaban J connectivity index is 2.03. The highest BCUT2D eigenvalue weighted by molar-refractivity contribution is 9.09. The van der Waals surface area contributed by atoms with E-state index >= 15 is 0 Å². The van der Waals surface area contributed by atoms with Gasteiger partial charge in [-0.05, 0) is 81.5 Å². The quantitative estimate of drug-likeness (QED) is 0.111. The molecule has 0 saturated heterocycles. The number of halogens is 1. The van der Waals surface area contributed by atoms with Gasteiger partial charge in [0.25, 0.3) is 0 Å². The van der Waals surface area contributed by atoms with Gasteiger partial charge in [0, 0.05) is 11.3 Å². The molecule has 0 radical (unpaired) electrons. The maximum atomic E-state index is 13.9. The maximum Gasteiger partial charge on any atom is 0.412 e. The number of ether oxygens (including phenoxy) is 2. The predicted molar refractivity (Wildman–Crippen MR) is 165 cm³/mol. The molecule has 13 heteroatoms. The molecule has 2 amide bonds. The van der Waals surface area contributed by atoms with Crippen molar-refractivity contribution in [2.45, 2.75) is 47.3 Å². The summed E-state index contributed by atoms with van der Waals surface area (Å²) in [4.78, 5) is 28.4. The Kier molecular flexibility index (Phi) is 10.4. The summed E-state index contributed by atoms with van der Waals surface area (Å²) in [5.74, 6) is 0.390. The number of amides is 2. The molecule has 3 rings (SSSR count). The molecule has 1 heterocycles. The first-order valence-electron chi connectivity index (χ1n) is 11.9. The monoisotopic (exact) mass is 667 g/mol. The van der Waals surface area contributed by atoms with Crippen molar-refractivity contribution in [3.8, 4) is 16.9 Å². The minimum atomic E-state index is -3.98. The van der Waals surface area contributed by atoms with Gasteiger partial charge in [-0.15, -0.1) is 23.1 Å². The van der Waals surface area contributed by atoms with Crippen LogP contribution in [-0.4, -0.2) is 51.1 Å². The third kappa shape index (κ3) is 7.87. The van der Waals surface area contributed by atoms with Crippen LogP contribution >= 0.6 is 39.0 Å². The number of thioether (sulfide) groups is 1. The van der Waals surface area contributed by atoms with Gasteiger partial charge in [-0.2, -0.15) is 0 Å². The third-order valence-electron chi connectivity index (χ3n) is 5.32. The molecule has 3 aromatic rings. The largest absolute Gasteiger partial charge is 0.497 e. The van der Waals surface area contributed by atoms with E-state index in [2.05, 4.69) is 31.6 Å². The van der Waals surface area contributed by atoms with Crippen LogP contribution in [0.25, 0.3) is 11.1 Å². The molecular weight excluding hydrogens is 638 g/mol. The topological polar surface area (TPSA) is 123 Å². The lowest BCUT2D eigenvalue weighted by Crippen LogP contribution is -2.31.